The summed E-state index contributed by atoms with van der Waals surface area (Å²) in [7, 11) is 0. The van der Waals surface area contributed by atoms with Gasteiger partial charge >= 0.3 is 0 Å². The van der Waals surface area contributed by atoms with E-state index in [-0.39, 0.29) is 11.5 Å². The molecule has 1 saturated carbocycles. The number of hydrogen-bond donors (Lipinski definition) is 2. The lowest BCUT2D eigenvalue weighted by Crippen LogP contribution is -2.46. The predicted molar refractivity (Wildman–Crippen MR) is 77.4 cm³/mol. The number of aliphatic hydroxyl groups is 1. The normalized spacial score (nSPS) is 24.5. The first-order valence-corrected chi connectivity index (χ1v) is 8.22. The fourth-order valence-electron chi connectivity index (χ4n) is 2.83. The van der Waals surface area contributed by atoms with Gasteiger partial charge in [0.05, 0.1) is 6.10 Å². The van der Waals surface area contributed by atoms with Crippen molar-refractivity contribution in [1.82, 2.24) is 0 Å². The number of aliphatic hydroxyl groups excluding tert-OH is 1. The van der Waals surface area contributed by atoms with Crippen molar-refractivity contribution in [2.75, 3.05) is 18.6 Å². The minimum atomic E-state index is -0.198. The highest BCUT2D eigenvalue weighted by molar-refractivity contribution is 7.98. The van der Waals surface area contributed by atoms with Gasteiger partial charge < -0.3 is 10.8 Å². The van der Waals surface area contributed by atoms with Crippen LogP contribution in [0.3, 0.4) is 0 Å². The Morgan fingerprint density at radius 3 is 2.29 bits per heavy atom. The molecule has 0 heterocycles. The first-order chi connectivity index (χ1) is 7.96. The standard InChI is InChI=1S/C14H29NOS/c1-13(2)6-8-14(11-15,9-7-13)12(16)5-4-10-17-3/h12,16H,4-11,15H2,1-3H3. The molecule has 0 aromatic carbocycles. The van der Waals surface area contributed by atoms with Crippen LogP contribution in [0.25, 0.3) is 0 Å². The van der Waals surface area contributed by atoms with Crippen LogP contribution in [0.15, 0.2) is 0 Å². The van der Waals surface area contributed by atoms with Gasteiger partial charge in [0.2, 0.25) is 0 Å². The summed E-state index contributed by atoms with van der Waals surface area (Å²) in [6, 6.07) is 0. The smallest absolute Gasteiger partial charge is 0.0608 e. The fraction of sp³-hybridized carbons (Fsp3) is 1.00. The second kappa shape index (κ2) is 6.44. The van der Waals surface area contributed by atoms with Gasteiger partial charge in [-0.05, 0) is 55.9 Å². The summed E-state index contributed by atoms with van der Waals surface area (Å²) in [5.74, 6) is 1.14. The van der Waals surface area contributed by atoms with Crippen molar-refractivity contribution in [1.29, 1.82) is 0 Å². The zero-order valence-corrected chi connectivity index (χ0v) is 12.5. The van der Waals surface area contributed by atoms with E-state index in [0.717, 1.165) is 31.4 Å². The SMILES string of the molecule is CSCCCC(O)C1(CN)CCC(C)(C)CC1. The monoisotopic (exact) mass is 259 g/mol. The van der Waals surface area contributed by atoms with Crippen LogP contribution in [0.4, 0.5) is 0 Å². The Bertz CT molecular complexity index is 220. The Morgan fingerprint density at radius 2 is 1.82 bits per heavy atom. The fourth-order valence-corrected chi connectivity index (χ4v) is 3.28. The van der Waals surface area contributed by atoms with Gasteiger partial charge in [0, 0.05) is 12.0 Å². The minimum absolute atomic E-state index is 0.00787. The van der Waals surface area contributed by atoms with Crippen LogP contribution < -0.4 is 5.73 Å². The molecule has 3 heteroatoms. The lowest BCUT2D eigenvalue weighted by molar-refractivity contribution is -0.0260. The summed E-state index contributed by atoms with van der Waals surface area (Å²) in [6.45, 7) is 5.30. The first-order valence-electron chi connectivity index (χ1n) is 6.83. The molecule has 3 N–H and O–H groups in total. The number of nitrogens with two attached hydrogens (primary N) is 1. The Labute approximate surface area is 111 Å². The van der Waals surface area contributed by atoms with Crippen molar-refractivity contribution in [3.8, 4) is 0 Å². The van der Waals surface area contributed by atoms with Gasteiger partial charge in [-0.3, -0.25) is 0 Å². The Balaban J connectivity index is 2.51. The zero-order valence-electron chi connectivity index (χ0n) is 11.7. The van der Waals surface area contributed by atoms with E-state index in [2.05, 4.69) is 20.1 Å². The highest BCUT2D eigenvalue weighted by atomic mass is 32.2. The third-order valence-corrected chi connectivity index (χ3v) is 5.24. The summed E-state index contributed by atoms with van der Waals surface area (Å²) in [5, 5.41) is 10.4. The number of rotatable bonds is 6. The second-order valence-corrected chi connectivity index (χ2v) is 7.37. The molecule has 17 heavy (non-hydrogen) atoms. The van der Waals surface area contributed by atoms with E-state index in [9.17, 15) is 5.11 Å². The van der Waals surface area contributed by atoms with E-state index in [1.165, 1.54) is 12.8 Å². The summed E-state index contributed by atoms with van der Waals surface area (Å²) < 4.78 is 0. The Kier molecular flexibility index (Phi) is 5.81. The van der Waals surface area contributed by atoms with Crippen LogP contribution in [0.1, 0.15) is 52.4 Å². The van der Waals surface area contributed by atoms with Gasteiger partial charge in [-0.2, -0.15) is 11.8 Å². The molecule has 1 rings (SSSR count). The van der Waals surface area contributed by atoms with Gasteiger partial charge in [0.25, 0.3) is 0 Å². The highest BCUT2D eigenvalue weighted by Gasteiger charge is 2.41. The highest BCUT2D eigenvalue weighted by Crippen LogP contribution is 2.47. The van der Waals surface area contributed by atoms with E-state index in [1.54, 1.807) is 0 Å². The van der Waals surface area contributed by atoms with Crippen molar-refractivity contribution >= 4 is 11.8 Å². The van der Waals surface area contributed by atoms with Crippen LogP contribution in [-0.4, -0.2) is 29.8 Å². The van der Waals surface area contributed by atoms with Gasteiger partial charge in [-0.25, -0.2) is 0 Å². The number of thioether (sulfide) groups is 1. The van der Waals surface area contributed by atoms with Gasteiger partial charge in [0.1, 0.15) is 0 Å². The maximum atomic E-state index is 10.4. The van der Waals surface area contributed by atoms with Crippen LogP contribution in [0, 0.1) is 10.8 Å². The Morgan fingerprint density at radius 1 is 1.24 bits per heavy atom. The summed E-state index contributed by atoms with van der Waals surface area (Å²) in [4.78, 5) is 0. The molecule has 1 aliphatic carbocycles. The largest absolute Gasteiger partial charge is 0.393 e. The molecule has 0 bridgehead atoms. The summed E-state index contributed by atoms with van der Waals surface area (Å²) in [5.41, 5.74) is 6.42. The summed E-state index contributed by atoms with van der Waals surface area (Å²) >= 11 is 1.85. The molecule has 2 nitrogen and oxygen atoms in total. The van der Waals surface area contributed by atoms with Crippen LogP contribution in [-0.2, 0) is 0 Å². The zero-order chi connectivity index (χ0) is 12.9. The van der Waals surface area contributed by atoms with E-state index in [4.69, 9.17) is 5.73 Å². The molecule has 102 valence electrons. The third-order valence-electron chi connectivity index (χ3n) is 4.54. The maximum Gasteiger partial charge on any atom is 0.0608 e. The van der Waals surface area contributed by atoms with Gasteiger partial charge in [-0.15, -0.1) is 0 Å². The number of hydrogen-bond acceptors (Lipinski definition) is 3. The molecule has 1 aliphatic rings. The third kappa shape index (κ3) is 4.15. The molecule has 0 radical (unpaired) electrons. The van der Waals surface area contributed by atoms with Crippen LogP contribution >= 0.6 is 11.8 Å². The summed E-state index contributed by atoms with van der Waals surface area (Å²) in [6.07, 6.45) is 8.53. The minimum Gasteiger partial charge on any atom is -0.393 e. The first kappa shape index (κ1) is 15.3. The Hall–Kier alpha value is 0.270. The van der Waals surface area contributed by atoms with Crippen molar-refractivity contribution in [3.63, 3.8) is 0 Å². The second-order valence-electron chi connectivity index (χ2n) is 6.38. The molecule has 0 aromatic heterocycles. The van der Waals surface area contributed by atoms with Crippen LogP contribution in [0.2, 0.25) is 0 Å². The lowest BCUT2D eigenvalue weighted by atomic mass is 9.62. The van der Waals surface area contributed by atoms with Gasteiger partial charge in [-0.1, -0.05) is 13.8 Å². The van der Waals surface area contributed by atoms with E-state index in [0.29, 0.717) is 12.0 Å². The molecule has 0 aliphatic heterocycles. The van der Waals surface area contributed by atoms with Crippen LogP contribution in [0.5, 0.6) is 0 Å². The van der Waals surface area contributed by atoms with E-state index in [1.807, 2.05) is 11.8 Å². The van der Waals surface area contributed by atoms with Crippen molar-refractivity contribution < 1.29 is 5.11 Å². The molecule has 1 atom stereocenters. The molecular formula is C14H29NOS. The van der Waals surface area contributed by atoms with E-state index >= 15 is 0 Å². The topological polar surface area (TPSA) is 46.2 Å². The van der Waals surface area contributed by atoms with Crippen molar-refractivity contribution in [3.05, 3.63) is 0 Å². The quantitative estimate of drug-likeness (QED) is 0.721. The molecule has 0 saturated heterocycles. The lowest BCUT2D eigenvalue weighted by Gasteiger charge is -2.45. The average Bonchev–Trinajstić information content (AvgIpc) is 2.30. The maximum absolute atomic E-state index is 10.4. The van der Waals surface area contributed by atoms with Gasteiger partial charge in [0.15, 0.2) is 0 Å². The molecule has 1 unspecified atom stereocenters. The predicted octanol–water partition coefficient (Wildman–Crippen LogP) is 3.04. The average molecular weight is 259 g/mol. The molecule has 0 spiro atoms. The molecule has 1 fully saturated rings. The molecule has 0 amide bonds. The van der Waals surface area contributed by atoms with E-state index < -0.39 is 0 Å². The van der Waals surface area contributed by atoms with Crippen molar-refractivity contribution in [2.24, 2.45) is 16.6 Å². The van der Waals surface area contributed by atoms with Crippen molar-refractivity contribution in [2.45, 2.75) is 58.5 Å². The molecule has 0 aromatic rings. The molecular weight excluding hydrogens is 230 g/mol.